The van der Waals surface area contributed by atoms with Crippen LogP contribution in [0.4, 0.5) is 5.69 Å². The van der Waals surface area contributed by atoms with Crippen LogP contribution in [0.15, 0.2) is 70.7 Å². The second-order valence-corrected chi connectivity index (χ2v) is 6.04. The lowest BCUT2D eigenvalue weighted by molar-refractivity contribution is -0.112. The summed E-state index contributed by atoms with van der Waals surface area (Å²) in [5.41, 5.74) is 2.02. The van der Waals surface area contributed by atoms with Gasteiger partial charge in [-0.1, -0.05) is 35.9 Å². The number of nitriles is 1. The SMILES string of the molecule is Cc1ccc(NC(=O)/C(C#N)=C/c2ccc(-c3ccccc3C(=O)O)o2)cc1. The van der Waals surface area contributed by atoms with E-state index in [2.05, 4.69) is 5.32 Å². The highest BCUT2D eigenvalue weighted by Gasteiger charge is 2.15. The molecule has 0 unspecified atom stereocenters. The first-order valence-corrected chi connectivity index (χ1v) is 8.40. The van der Waals surface area contributed by atoms with Crippen molar-refractivity contribution >= 4 is 23.6 Å². The molecule has 0 atom stereocenters. The standard InChI is InChI=1S/C22H16N2O4/c1-14-6-8-16(9-7-14)24-21(25)15(13-23)12-17-10-11-20(28-17)18-4-2-3-5-19(18)22(26)27/h2-12H,1H3,(H,24,25)(H,26,27)/b15-12+. The smallest absolute Gasteiger partial charge is 0.336 e. The van der Waals surface area contributed by atoms with Crippen LogP contribution in [0.1, 0.15) is 21.7 Å². The minimum absolute atomic E-state index is 0.102. The Bertz CT molecular complexity index is 1100. The van der Waals surface area contributed by atoms with Crippen molar-refractivity contribution in [3.8, 4) is 17.4 Å². The van der Waals surface area contributed by atoms with Gasteiger partial charge >= 0.3 is 5.97 Å². The first-order valence-electron chi connectivity index (χ1n) is 8.40. The highest BCUT2D eigenvalue weighted by Crippen LogP contribution is 2.27. The summed E-state index contributed by atoms with van der Waals surface area (Å²) >= 11 is 0. The van der Waals surface area contributed by atoms with Crippen LogP contribution >= 0.6 is 0 Å². The molecule has 0 bridgehead atoms. The van der Waals surface area contributed by atoms with Gasteiger partial charge in [0, 0.05) is 17.3 Å². The predicted molar refractivity (Wildman–Crippen MR) is 105 cm³/mol. The number of benzene rings is 2. The number of aromatic carboxylic acids is 1. The fourth-order valence-corrected chi connectivity index (χ4v) is 2.59. The summed E-state index contributed by atoms with van der Waals surface area (Å²) in [6.07, 6.45) is 1.32. The van der Waals surface area contributed by atoms with E-state index in [0.29, 0.717) is 17.0 Å². The highest BCUT2D eigenvalue weighted by atomic mass is 16.4. The molecule has 1 heterocycles. The van der Waals surface area contributed by atoms with Crippen molar-refractivity contribution in [3.05, 3.63) is 83.1 Å². The molecule has 6 heteroatoms. The van der Waals surface area contributed by atoms with Gasteiger partial charge in [0.05, 0.1) is 5.56 Å². The molecule has 0 aliphatic carbocycles. The number of nitrogens with zero attached hydrogens (tertiary/aromatic N) is 1. The summed E-state index contributed by atoms with van der Waals surface area (Å²) in [5, 5.41) is 21.3. The Morgan fingerprint density at radius 1 is 1.07 bits per heavy atom. The van der Waals surface area contributed by atoms with Crippen LogP contribution in [0.5, 0.6) is 0 Å². The highest BCUT2D eigenvalue weighted by molar-refractivity contribution is 6.09. The van der Waals surface area contributed by atoms with Crippen LogP contribution in [0.3, 0.4) is 0 Å². The summed E-state index contributed by atoms with van der Waals surface area (Å²) in [4.78, 5) is 23.7. The average Bonchev–Trinajstić information content (AvgIpc) is 3.16. The second kappa shape index (κ2) is 8.06. The zero-order valence-corrected chi connectivity index (χ0v) is 15.0. The van der Waals surface area contributed by atoms with Gasteiger partial charge in [-0.25, -0.2) is 4.79 Å². The Morgan fingerprint density at radius 2 is 1.79 bits per heavy atom. The average molecular weight is 372 g/mol. The van der Waals surface area contributed by atoms with E-state index < -0.39 is 11.9 Å². The van der Waals surface area contributed by atoms with Gasteiger partial charge in [-0.05, 0) is 37.3 Å². The molecule has 3 aromatic rings. The summed E-state index contributed by atoms with van der Waals surface area (Å²) in [7, 11) is 0. The second-order valence-electron chi connectivity index (χ2n) is 6.04. The first kappa shape index (κ1) is 18.7. The molecule has 1 aromatic heterocycles. The molecule has 0 aliphatic heterocycles. The van der Waals surface area contributed by atoms with Gasteiger partial charge in [-0.15, -0.1) is 0 Å². The van der Waals surface area contributed by atoms with Crippen molar-refractivity contribution in [2.45, 2.75) is 6.92 Å². The van der Waals surface area contributed by atoms with Gasteiger partial charge in [0.15, 0.2) is 0 Å². The number of hydrogen-bond donors (Lipinski definition) is 2. The Hall–Kier alpha value is -4.11. The van der Waals surface area contributed by atoms with Gasteiger partial charge in [0.2, 0.25) is 0 Å². The molecule has 2 aromatic carbocycles. The lowest BCUT2D eigenvalue weighted by Crippen LogP contribution is -2.13. The largest absolute Gasteiger partial charge is 0.478 e. The Labute approximate surface area is 161 Å². The molecule has 138 valence electrons. The number of carboxylic acids is 1. The number of amides is 1. The number of hydrogen-bond acceptors (Lipinski definition) is 4. The summed E-state index contributed by atoms with van der Waals surface area (Å²) in [6, 6.07) is 18.7. The van der Waals surface area contributed by atoms with E-state index in [4.69, 9.17) is 4.42 Å². The minimum atomic E-state index is -1.07. The molecule has 0 radical (unpaired) electrons. The molecule has 0 fully saturated rings. The number of carboxylic acid groups (broad SMARTS) is 1. The summed E-state index contributed by atoms with van der Waals surface area (Å²) in [5.74, 6) is -1.03. The van der Waals surface area contributed by atoms with Gasteiger partial charge in [-0.3, -0.25) is 4.79 Å². The van der Waals surface area contributed by atoms with E-state index >= 15 is 0 Å². The van der Waals surface area contributed by atoms with E-state index in [1.54, 1.807) is 42.5 Å². The molecule has 3 rings (SSSR count). The van der Waals surface area contributed by atoms with Crippen molar-refractivity contribution < 1.29 is 19.1 Å². The van der Waals surface area contributed by atoms with Gasteiger partial charge < -0.3 is 14.8 Å². The molecule has 2 N–H and O–H groups in total. The maximum atomic E-state index is 12.3. The molecule has 0 saturated heterocycles. The van der Waals surface area contributed by atoms with Crippen LogP contribution in [0.25, 0.3) is 17.4 Å². The number of anilines is 1. The van der Waals surface area contributed by atoms with Crippen molar-refractivity contribution in [1.29, 1.82) is 5.26 Å². The first-order chi connectivity index (χ1) is 13.5. The van der Waals surface area contributed by atoms with Crippen molar-refractivity contribution in [2.24, 2.45) is 0 Å². The van der Waals surface area contributed by atoms with Crippen LogP contribution in [-0.2, 0) is 4.79 Å². The zero-order valence-electron chi connectivity index (χ0n) is 15.0. The van der Waals surface area contributed by atoms with Gasteiger partial charge in [0.1, 0.15) is 23.2 Å². The van der Waals surface area contributed by atoms with Crippen molar-refractivity contribution in [1.82, 2.24) is 0 Å². The fourth-order valence-electron chi connectivity index (χ4n) is 2.59. The number of aryl methyl sites for hydroxylation is 1. The van der Waals surface area contributed by atoms with Crippen LogP contribution in [0, 0.1) is 18.3 Å². The lowest BCUT2D eigenvalue weighted by atomic mass is 10.1. The molecule has 28 heavy (non-hydrogen) atoms. The van der Waals surface area contributed by atoms with Gasteiger partial charge in [-0.2, -0.15) is 5.26 Å². The number of rotatable bonds is 5. The van der Waals surface area contributed by atoms with Crippen molar-refractivity contribution in [2.75, 3.05) is 5.32 Å². The molecule has 0 aliphatic rings. The maximum absolute atomic E-state index is 12.3. The molecular weight excluding hydrogens is 356 g/mol. The predicted octanol–water partition coefficient (Wildman–Crippen LogP) is 4.50. The number of carbonyl (C=O) groups excluding carboxylic acids is 1. The minimum Gasteiger partial charge on any atom is -0.478 e. The third kappa shape index (κ3) is 4.17. The molecular formula is C22H16N2O4. The molecule has 1 amide bonds. The van der Waals surface area contributed by atoms with Crippen LogP contribution < -0.4 is 5.32 Å². The normalized spacial score (nSPS) is 10.9. The zero-order chi connectivity index (χ0) is 20.1. The molecule has 6 nitrogen and oxygen atoms in total. The van der Waals surface area contributed by atoms with E-state index in [0.717, 1.165) is 5.56 Å². The quantitative estimate of drug-likeness (QED) is 0.507. The topological polar surface area (TPSA) is 103 Å². The van der Waals surface area contributed by atoms with Gasteiger partial charge in [0.25, 0.3) is 5.91 Å². The molecule has 0 spiro atoms. The van der Waals surface area contributed by atoms with Crippen LogP contribution in [-0.4, -0.2) is 17.0 Å². The van der Waals surface area contributed by atoms with Crippen LogP contribution in [0.2, 0.25) is 0 Å². The third-order valence-electron chi connectivity index (χ3n) is 4.01. The molecule has 0 saturated carbocycles. The maximum Gasteiger partial charge on any atom is 0.336 e. The Morgan fingerprint density at radius 3 is 2.46 bits per heavy atom. The van der Waals surface area contributed by atoms with E-state index in [1.807, 2.05) is 25.1 Å². The van der Waals surface area contributed by atoms with Crippen molar-refractivity contribution in [3.63, 3.8) is 0 Å². The number of carbonyl (C=O) groups is 2. The third-order valence-corrected chi connectivity index (χ3v) is 4.01. The Kier molecular flexibility index (Phi) is 5.38. The Balaban J connectivity index is 1.85. The summed E-state index contributed by atoms with van der Waals surface area (Å²) in [6.45, 7) is 1.93. The van der Waals surface area contributed by atoms with E-state index in [1.165, 1.54) is 12.1 Å². The number of furan rings is 1. The summed E-state index contributed by atoms with van der Waals surface area (Å²) < 4.78 is 5.64. The lowest BCUT2D eigenvalue weighted by Gasteiger charge is -2.04. The van der Waals surface area contributed by atoms with E-state index in [9.17, 15) is 20.0 Å². The number of nitrogens with one attached hydrogen (secondary N) is 1. The van der Waals surface area contributed by atoms with E-state index in [-0.39, 0.29) is 16.9 Å². The fraction of sp³-hybridized carbons (Fsp3) is 0.0455. The monoisotopic (exact) mass is 372 g/mol.